The first-order chi connectivity index (χ1) is 21.9. The van der Waals surface area contributed by atoms with Gasteiger partial charge >= 0.3 is 12.5 Å². The maximum atomic E-state index is 13.4. The maximum Gasteiger partial charge on any atom is 0.461 e. The second-order valence-electron chi connectivity index (χ2n) is 12.5. The highest BCUT2D eigenvalue weighted by Gasteiger charge is 2.48. The van der Waals surface area contributed by atoms with Crippen molar-refractivity contribution >= 4 is 33.7 Å². The number of rotatable bonds is 8. The number of nitrogens with zero attached hydrogens (tertiary/aromatic N) is 3. The fraction of sp³-hybridized carbons (Fsp3) is 0.469. The number of aliphatic imine (C=N–C) groups is 1. The van der Waals surface area contributed by atoms with Crippen LogP contribution >= 0.6 is 0 Å². The number of likely N-dealkylation sites (tertiary alicyclic amines) is 1. The van der Waals surface area contributed by atoms with Gasteiger partial charge in [0.2, 0.25) is 10.0 Å². The summed E-state index contributed by atoms with van der Waals surface area (Å²) in [6, 6.07) is 8.32. The zero-order valence-corrected chi connectivity index (χ0v) is 26.9. The average molecular weight is 681 g/mol. The van der Waals surface area contributed by atoms with Crippen molar-refractivity contribution in [1.29, 1.82) is 0 Å². The lowest BCUT2D eigenvalue weighted by Crippen LogP contribution is -2.50. The van der Waals surface area contributed by atoms with Crippen molar-refractivity contribution in [3.63, 3.8) is 0 Å². The number of aliphatic hydroxyl groups is 1. The van der Waals surface area contributed by atoms with Crippen LogP contribution in [0.1, 0.15) is 65.2 Å². The van der Waals surface area contributed by atoms with E-state index in [1.54, 1.807) is 37.8 Å². The highest BCUT2D eigenvalue weighted by Crippen LogP contribution is 2.34. The number of carbonyl (C=O) groups excluding carboxylic acids is 2. The number of benzene rings is 2. The normalized spacial score (nSPS) is 20.1. The van der Waals surface area contributed by atoms with Crippen molar-refractivity contribution in [3.8, 4) is 5.75 Å². The molecule has 2 saturated heterocycles. The SMILES string of the molecule is Cc1cc(C(=O)N2CCC(C)(O)CC2)cc(C)c1/C=C/S(=O)(=O)N1CCC2(CC1)N=C(c1cccc(OC(F)(F)C(F)F)c1)NC2=O. The molecule has 2 aromatic rings. The van der Waals surface area contributed by atoms with Crippen molar-refractivity contribution in [2.45, 2.75) is 70.1 Å². The largest absolute Gasteiger partial charge is 0.461 e. The molecule has 1 spiro atoms. The average Bonchev–Trinajstić information content (AvgIpc) is 3.31. The van der Waals surface area contributed by atoms with Crippen molar-refractivity contribution < 1.29 is 45.4 Å². The number of alkyl halides is 4. The number of ether oxygens (including phenoxy) is 1. The van der Waals surface area contributed by atoms with E-state index < -0.39 is 45.4 Å². The first-order valence-electron chi connectivity index (χ1n) is 15.1. The van der Waals surface area contributed by atoms with E-state index >= 15 is 0 Å². The van der Waals surface area contributed by atoms with Crippen molar-refractivity contribution in [2.75, 3.05) is 26.2 Å². The summed E-state index contributed by atoms with van der Waals surface area (Å²) in [7, 11) is -3.90. The van der Waals surface area contributed by atoms with E-state index in [-0.39, 0.29) is 43.2 Å². The molecule has 0 unspecified atom stereocenters. The van der Waals surface area contributed by atoms with Gasteiger partial charge in [0.25, 0.3) is 11.8 Å². The molecule has 0 aromatic heterocycles. The molecule has 2 N–H and O–H groups in total. The van der Waals surface area contributed by atoms with E-state index in [0.29, 0.717) is 37.1 Å². The summed E-state index contributed by atoms with van der Waals surface area (Å²) in [6.45, 7) is 6.20. The minimum absolute atomic E-state index is 0.0191. The van der Waals surface area contributed by atoms with Crippen molar-refractivity contribution in [2.24, 2.45) is 4.99 Å². The molecule has 2 amide bonds. The first kappa shape index (κ1) is 34.5. The van der Waals surface area contributed by atoms with E-state index in [9.17, 15) is 40.7 Å². The number of hydrogen-bond acceptors (Lipinski definition) is 7. The Morgan fingerprint density at radius 2 is 1.68 bits per heavy atom. The second kappa shape index (κ2) is 12.7. The molecule has 10 nitrogen and oxygen atoms in total. The molecule has 0 atom stereocenters. The molecule has 3 heterocycles. The summed E-state index contributed by atoms with van der Waals surface area (Å²) in [4.78, 5) is 32.3. The number of halogens is 4. The van der Waals surface area contributed by atoms with Crippen LogP contribution in [0.3, 0.4) is 0 Å². The number of nitrogens with one attached hydrogen (secondary N) is 1. The number of aryl methyl sites for hydroxylation is 2. The molecule has 2 fully saturated rings. The summed E-state index contributed by atoms with van der Waals surface area (Å²) in [6.07, 6.45) is -6.17. The number of amides is 2. The zero-order valence-electron chi connectivity index (χ0n) is 26.1. The highest BCUT2D eigenvalue weighted by molar-refractivity contribution is 7.92. The van der Waals surface area contributed by atoms with Gasteiger partial charge in [-0.05, 0) is 93.5 Å². The van der Waals surface area contributed by atoms with Gasteiger partial charge in [0.05, 0.1) is 5.60 Å². The van der Waals surface area contributed by atoms with Crippen LogP contribution in [0.15, 0.2) is 46.8 Å². The lowest BCUT2D eigenvalue weighted by molar-refractivity contribution is -0.253. The maximum absolute atomic E-state index is 13.4. The van der Waals surface area contributed by atoms with Gasteiger partial charge in [-0.1, -0.05) is 12.1 Å². The number of sulfonamides is 1. The molecule has 3 aliphatic rings. The molecule has 0 radical (unpaired) electrons. The van der Waals surface area contributed by atoms with Crippen LogP contribution < -0.4 is 10.1 Å². The molecule has 5 rings (SSSR count). The van der Waals surface area contributed by atoms with Crippen LogP contribution in [0.5, 0.6) is 5.75 Å². The number of piperidine rings is 2. The molecule has 0 bridgehead atoms. The standard InChI is InChI=1S/C32H36F4N4O6S/c1-20-17-23(27(41)39-12-8-30(3,43)9-13-39)18-21(2)25(20)7-16-47(44,45)40-14-10-31(11-15-40)29(42)37-26(38-31)22-5-4-6-24(19-22)46-32(35,36)28(33)34/h4-7,16-19,28,43H,8-15H2,1-3H3,(H,37,38,42)/b16-7+. The minimum atomic E-state index is -4.70. The van der Waals surface area contributed by atoms with Gasteiger partial charge in [-0.15, -0.1) is 0 Å². The van der Waals surface area contributed by atoms with E-state index in [4.69, 9.17) is 0 Å². The third-order valence-corrected chi connectivity index (χ3v) is 10.4. The molecule has 47 heavy (non-hydrogen) atoms. The Hall–Kier alpha value is -3.82. The first-order valence-corrected chi connectivity index (χ1v) is 16.6. The van der Waals surface area contributed by atoms with Gasteiger partial charge < -0.3 is 20.1 Å². The lowest BCUT2D eigenvalue weighted by atomic mass is 9.89. The third kappa shape index (κ3) is 7.36. The Labute approximate surface area is 270 Å². The monoisotopic (exact) mass is 680 g/mol. The Kier molecular flexibility index (Phi) is 9.29. The van der Waals surface area contributed by atoms with Gasteiger partial charge in [-0.2, -0.15) is 21.9 Å². The van der Waals surface area contributed by atoms with E-state index in [0.717, 1.165) is 28.7 Å². The lowest BCUT2D eigenvalue weighted by Gasteiger charge is -2.36. The van der Waals surface area contributed by atoms with Gasteiger partial charge in [-0.25, -0.2) is 8.42 Å². The summed E-state index contributed by atoms with van der Waals surface area (Å²) in [5.41, 5.74) is 0.681. The van der Waals surface area contributed by atoms with Crippen LogP contribution in [-0.4, -0.2) is 90.2 Å². The molecule has 3 aliphatic heterocycles. The molecule has 15 heteroatoms. The molecule has 2 aromatic carbocycles. The predicted molar refractivity (Wildman–Crippen MR) is 166 cm³/mol. The van der Waals surface area contributed by atoms with Crippen LogP contribution in [0.25, 0.3) is 6.08 Å². The van der Waals surface area contributed by atoms with E-state index in [2.05, 4.69) is 15.0 Å². The molecule has 254 valence electrons. The predicted octanol–water partition coefficient (Wildman–Crippen LogP) is 4.24. The van der Waals surface area contributed by atoms with Crippen LogP contribution in [0, 0.1) is 13.8 Å². The summed E-state index contributed by atoms with van der Waals surface area (Å²) in [5, 5.41) is 13.9. The second-order valence-corrected chi connectivity index (χ2v) is 14.3. The number of amidine groups is 1. The van der Waals surface area contributed by atoms with Crippen molar-refractivity contribution in [1.82, 2.24) is 14.5 Å². The van der Waals surface area contributed by atoms with E-state index in [1.807, 2.05) is 0 Å². The molecular formula is C32H36F4N4O6S. The Balaban J connectivity index is 1.25. The highest BCUT2D eigenvalue weighted by atomic mass is 32.2. The Bertz CT molecular complexity index is 1700. The molecular weight excluding hydrogens is 644 g/mol. The summed E-state index contributed by atoms with van der Waals surface area (Å²) < 4.78 is 83.9. The van der Waals surface area contributed by atoms with Gasteiger partial charge in [0.1, 0.15) is 17.1 Å². The van der Waals surface area contributed by atoms with Gasteiger partial charge in [0.15, 0.2) is 0 Å². The topological polar surface area (TPSA) is 129 Å². The van der Waals surface area contributed by atoms with Gasteiger partial charge in [0, 0.05) is 42.7 Å². The summed E-state index contributed by atoms with van der Waals surface area (Å²) >= 11 is 0. The Morgan fingerprint density at radius 1 is 1.06 bits per heavy atom. The molecule has 0 aliphatic carbocycles. The summed E-state index contributed by atoms with van der Waals surface area (Å²) in [5.74, 6) is -1.13. The fourth-order valence-electron chi connectivity index (χ4n) is 5.99. The zero-order chi connectivity index (χ0) is 34.4. The minimum Gasteiger partial charge on any atom is -0.428 e. The Morgan fingerprint density at radius 3 is 2.28 bits per heavy atom. The van der Waals surface area contributed by atoms with Crippen molar-refractivity contribution in [3.05, 3.63) is 69.6 Å². The van der Waals surface area contributed by atoms with Crippen LogP contribution in [0.2, 0.25) is 0 Å². The third-order valence-electron chi connectivity index (χ3n) is 8.88. The van der Waals surface area contributed by atoms with E-state index in [1.165, 1.54) is 22.5 Å². The van der Waals surface area contributed by atoms with Crippen LogP contribution in [0.4, 0.5) is 17.6 Å². The smallest absolute Gasteiger partial charge is 0.428 e. The number of carbonyl (C=O) groups is 2. The van der Waals surface area contributed by atoms with Crippen LogP contribution in [-0.2, 0) is 14.8 Å². The number of hydrogen-bond donors (Lipinski definition) is 2. The van der Waals surface area contributed by atoms with Gasteiger partial charge in [-0.3, -0.25) is 14.6 Å². The quantitative estimate of drug-likeness (QED) is 0.402. The fourth-order valence-corrected chi connectivity index (χ4v) is 7.16. The molecule has 0 saturated carbocycles.